The molecule has 0 aliphatic heterocycles. The third-order valence-electron chi connectivity index (χ3n) is 3.46. The number of rotatable bonds is 7. The molecule has 112 valence electrons. The van der Waals surface area contributed by atoms with Gasteiger partial charge >= 0.3 is 0 Å². The Kier molecular flexibility index (Phi) is 5.61. The van der Waals surface area contributed by atoms with Crippen molar-refractivity contribution in [3.05, 3.63) is 47.7 Å². The van der Waals surface area contributed by atoms with E-state index in [1.807, 2.05) is 31.2 Å². The fraction of sp³-hybridized carbons (Fsp3) is 0.389. The van der Waals surface area contributed by atoms with Gasteiger partial charge in [0.1, 0.15) is 11.5 Å². The maximum atomic E-state index is 11.3. The van der Waals surface area contributed by atoms with Gasteiger partial charge in [0.25, 0.3) is 0 Å². The van der Waals surface area contributed by atoms with Gasteiger partial charge in [0.05, 0.1) is 0 Å². The molecule has 1 heterocycles. The van der Waals surface area contributed by atoms with Crippen LogP contribution in [0.3, 0.4) is 0 Å². The van der Waals surface area contributed by atoms with Crippen molar-refractivity contribution in [2.45, 2.75) is 46.1 Å². The highest BCUT2D eigenvalue weighted by Gasteiger charge is 2.06. The molecule has 0 unspecified atom stereocenters. The zero-order chi connectivity index (χ0) is 15.1. The summed E-state index contributed by atoms with van der Waals surface area (Å²) in [6.45, 7) is 4.59. The zero-order valence-electron chi connectivity index (χ0n) is 12.8. The highest BCUT2D eigenvalue weighted by Crippen LogP contribution is 2.24. The van der Waals surface area contributed by atoms with Gasteiger partial charge in [-0.1, -0.05) is 38.5 Å². The third kappa shape index (κ3) is 4.48. The molecule has 21 heavy (non-hydrogen) atoms. The Morgan fingerprint density at radius 3 is 2.81 bits per heavy atom. The van der Waals surface area contributed by atoms with Crippen LogP contribution < -0.4 is 5.32 Å². The largest absolute Gasteiger partial charge is 0.461 e. The topological polar surface area (TPSA) is 42.2 Å². The first-order chi connectivity index (χ1) is 10.2. The van der Waals surface area contributed by atoms with Gasteiger partial charge in [-0.05, 0) is 30.2 Å². The molecule has 0 saturated carbocycles. The van der Waals surface area contributed by atoms with Gasteiger partial charge in [0.2, 0.25) is 5.91 Å². The first kappa shape index (κ1) is 15.4. The van der Waals surface area contributed by atoms with Crippen molar-refractivity contribution >= 4 is 5.91 Å². The van der Waals surface area contributed by atoms with Crippen LogP contribution in [0.2, 0.25) is 0 Å². The van der Waals surface area contributed by atoms with E-state index < -0.39 is 0 Å². The summed E-state index contributed by atoms with van der Waals surface area (Å²) in [6.07, 6.45) is 3.82. The van der Waals surface area contributed by atoms with E-state index in [0.29, 0.717) is 13.0 Å². The molecule has 2 aromatic rings. The smallest absolute Gasteiger partial charge is 0.219 e. The molecule has 0 aliphatic carbocycles. The predicted octanol–water partition coefficient (Wildman–Crippen LogP) is 4.32. The summed E-state index contributed by atoms with van der Waals surface area (Å²) in [4.78, 5) is 11.3. The van der Waals surface area contributed by atoms with Gasteiger partial charge in [0, 0.05) is 24.9 Å². The normalized spacial score (nSPS) is 10.6. The molecule has 0 radical (unpaired) electrons. The number of unbranched alkanes of at least 4 members (excludes halogenated alkanes) is 1. The summed E-state index contributed by atoms with van der Waals surface area (Å²) in [5.74, 6) is 2.00. The molecule has 3 heteroatoms. The molecule has 1 amide bonds. The van der Waals surface area contributed by atoms with Gasteiger partial charge in [-0.25, -0.2) is 0 Å². The van der Waals surface area contributed by atoms with Crippen LogP contribution in [-0.2, 0) is 17.8 Å². The Morgan fingerprint density at radius 1 is 1.19 bits per heavy atom. The Balaban J connectivity index is 2.06. The number of carbonyl (C=O) groups is 1. The molecular formula is C18H23NO2. The Bertz CT molecular complexity index is 586. The summed E-state index contributed by atoms with van der Waals surface area (Å²) in [6, 6.07) is 12.2. The van der Waals surface area contributed by atoms with Crippen LogP contribution in [0.4, 0.5) is 0 Å². The minimum Gasteiger partial charge on any atom is -0.461 e. The van der Waals surface area contributed by atoms with Crippen LogP contribution in [0.25, 0.3) is 11.3 Å². The van der Waals surface area contributed by atoms with Crippen LogP contribution in [-0.4, -0.2) is 5.91 Å². The van der Waals surface area contributed by atoms with Crippen molar-refractivity contribution in [2.75, 3.05) is 0 Å². The lowest BCUT2D eigenvalue weighted by Crippen LogP contribution is -2.21. The Labute approximate surface area is 126 Å². The first-order valence-electron chi connectivity index (χ1n) is 7.67. The number of hydrogen-bond donors (Lipinski definition) is 1. The molecule has 0 atom stereocenters. The van der Waals surface area contributed by atoms with Gasteiger partial charge in [0.15, 0.2) is 0 Å². The molecule has 0 fully saturated rings. The fourth-order valence-corrected chi connectivity index (χ4v) is 2.18. The quantitative estimate of drug-likeness (QED) is 0.823. The first-order valence-corrected chi connectivity index (χ1v) is 7.67. The lowest BCUT2D eigenvalue weighted by molar-refractivity contribution is -0.120. The number of aryl methyl sites for hydroxylation is 1. The maximum Gasteiger partial charge on any atom is 0.219 e. The average Bonchev–Trinajstić information content (AvgIpc) is 2.99. The lowest BCUT2D eigenvalue weighted by Gasteiger charge is -2.05. The lowest BCUT2D eigenvalue weighted by atomic mass is 10.1. The molecule has 0 bridgehead atoms. The predicted molar refractivity (Wildman–Crippen MR) is 84.9 cm³/mol. The van der Waals surface area contributed by atoms with Crippen molar-refractivity contribution in [3.63, 3.8) is 0 Å². The number of hydrogen-bond acceptors (Lipinski definition) is 2. The summed E-state index contributed by atoms with van der Waals surface area (Å²) in [7, 11) is 0. The second-order valence-electron chi connectivity index (χ2n) is 5.20. The van der Waals surface area contributed by atoms with Crippen LogP contribution >= 0.6 is 0 Å². The molecule has 1 N–H and O–H groups in total. The Hall–Kier alpha value is -2.03. The van der Waals surface area contributed by atoms with Crippen molar-refractivity contribution < 1.29 is 9.21 Å². The van der Waals surface area contributed by atoms with Crippen LogP contribution in [0.5, 0.6) is 0 Å². The van der Waals surface area contributed by atoms with E-state index in [4.69, 9.17) is 4.42 Å². The molecule has 0 aliphatic rings. The molecular weight excluding hydrogens is 262 g/mol. The minimum absolute atomic E-state index is 0.0697. The van der Waals surface area contributed by atoms with Crippen LogP contribution in [0.1, 0.15) is 44.4 Å². The maximum absolute atomic E-state index is 11.3. The second-order valence-corrected chi connectivity index (χ2v) is 5.20. The van der Waals surface area contributed by atoms with E-state index in [1.165, 1.54) is 6.42 Å². The second kappa shape index (κ2) is 7.67. The molecule has 3 nitrogen and oxygen atoms in total. The van der Waals surface area contributed by atoms with Gasteiger partial charge in [-0.15, -0.1) is 0 Å². The third-order valence-corrected chi connectivity index (χ3v) is 3.46. The van der Waals surface area contributed by atoms with Crippen molar-refractivity contribution in [1.82, 2.24) is 5.32 Å². The van der Waals surface area contributed by atoms with E-state index in [2.05, 4.69) is 24.4 Å². The molecule has 2 rings (SSSR count). The number of benzene rings is 1. The molecule has 1 aromatic carbocycles. The Morgan fingerprint density at radius 2 is 2.05 bits per heavy atom. The monoisotopic (exact) mass is 285 g/mol. The summed E-state index contributed by atoms with van der Waals surface area (Å²) in [5.41, 5.74) is 2.14. The molecule has 0 spiro atoms. The molecule has 0 saturated heterocycles. The van der Waals surface area contributed by atoms with Gasteiger partial charge < -0.3 is 9.73 Å². The number of furan rings is 1. The van der Waals surface area contributed by atoms with Crippen molar-refractivity contribution in [2.24, 2.45) is 0 Å². The minimum atomic E-state index is 0.0697. The van der Waals surface area contributed by atoms with Crippen LogP contribution in [0, 0.1) is 0 Å². The van der Waals surface area contributed by atoms with E-state index in [9.17, 15) is 4.79 Å². The SMILES string of the molecule is CCCCc1ccc(-c2cccc(CNC(=O)CC)c2)o1. The average molecular weight is 285 g/mol. The number of amides is 1. The van der Waals surface area contributed by atoms with E-state index >= 15 is 0 Å². The summed E-state index contributed by atoms with van der Waals surface area (Å²) in [5, 5.41) is 2.89. The highest BCUT2D eigenvalue weighted by atomic mass is 16.3. The van der Waals surface area contributed by atoms with E-state index in [0.717, 1.165) is 35.5 Å². The van der Waals surface area contributed by atoms with E-state index in [-0.39, 0.29) is 5.91 Å². The number of nitrogens with one attached hydrogen (secondary N) is 1. The molecule has 1 aromatic heterocycles. The zero-order valence-corrected chi connectivity index (χ0v) is 12.8. The van der Waals surface area contributed by atoms with Crippen LogP contribution in [0.15, 0.2) is 40.8 Å². The highest BCUT2D eigenvalue weighted by molar-refractivity contribution is 5.75. The van der Waals surface area contributed by atoms with Crippen molar-refractivity contribution in [3.8, 4) is 11.3 Å². The fourth-order valence-electron chi connectivity index (χ4n) is 2.18. The summed E-state index contributed by atoms with van der Waals surface area (Å²) < 4.78 is 5.89. The van der Waals surface area contributed by atoms with Gasteiger partial charge in [-0.2, -0.15) is 0 Å². The van der Waals surface area contributed by atoms with Crippen molar-refractivity contribution in [1.29, 1.82) is 0 Å². The van der Waals surface area contributed by atoms with Gasteiger partial charge in [-0.3, -0.25) is 4.79 Å². The standard InChI is InChI=1S/C18H23NO2/c1-3-5-9-16-10-11-17(21-16)15-8-6-7-14(12-15)13-19-18(20)4-2/h6-8,10-12H,3-5,9,13H2,1-2H3,(H,19,20). The van der Waals surface area contributed by atoms with E-state index in [1.54, 1.807) is 0 Å². The number of carbonyl (C=O) groups excluding carboxylic acids is 1. The summed E-state index contributed by atoms with van der Waals surface area (Å²) >= 11 is 0.